The molecule has 0 atom stereocenters. The number of piperidine rings is 2. The Kier molecular flexibility index (Phi) is 8.98. The van der Waals surface area contributed by atoms with E-state index in [0.717, 1.165) is 56.5 Å². The van der Waals surface area contributed by atoms with Crippen LogP contribution in [0.25, 0.3) is 12.2 Å². The number of hydrogen-bond donors (Lipinski definition) is 0. The fourth-order valence-electron chi connectivity index (χ4n) is 4.90. The van der Waals surface area contributed by atoms with Crippen LogP contribution < -0.4 is 19.7 Å². The standard InChI is InChI=1S/C27H34N4O6S/c1-3-37-26(33)17-25-30(18-24(32)29-13-9-19(2)10-14-29)27(34)23(38-25)16-20-7-8-21(22(15-20)31(35)36)28-11-5-4-6-12-28/h7-8,15-17,19H,3-6,9-14,18H2,1-2H3/b23-16-,25-17+. The molecule has 0 saturated carbocycles. The molecule has 0 radical (unpaired) electrons. The Hall–Kier alpha value is -3.47. The number of benzene rings is 1. The van der Waals surface area contributed by atoms with Gasteiger partial charge >= 0.3 is 5.97 Å². The summed E-state index contributed by atoms with van der Waals surface area (Å²) in [5.41, 5.74) is 0.646. The Bertz CT molecular complexity index is 1370. The molecule has 0 N–H and O–H groups in total. The maximum absolute atomic E-state index is 13.4. The Balaban J connectivity index is 1.71. The third-order valence-corrected chi connectivity index (χ3v) is 8.14. The van der Waals surface area contributed by atoms with Crippen LogP contribution in [0.4, 0.5) is 11.4 Å². The molecule has 0 bridgehead atoms. The van der Waals surface area contributed by atoms with Gasteiger partial charge in [0, 0.05) is 32.2 Å². The second kappa shape index (κ2) is 12.4. The molecule has 204 valence electrons. The molecule has 1 amide bonds. The van der Waals surface area contributed by atoms with Gasteiger partial charge in [-0.05, 0) is 62.7 Å². The SMILES string of the molecule is CCOC(=O)/C=c1/s/c(=C\c2ccc(N3CCCCC3)c([N+](=O)[O-])c2)c(=O)n1CC(=O)N1CCC(C)CC1. The van der Waals surface area contributed by atoms with Crippen molar-refractivity contribution in [3.8, 4) is 0 Å². The molecule has 1 aromatic heterocycles. The van der Waals surface area contributed by atoms with Crippen LogP contribution in [0.2, 0.25) is 0 Å². The Morgan fingerprint density at radius 1 is 1.16 bits per heavy atom. The lowest BCUT2D eigenvalue weighted by Crippen LogP contribution is -2.43. The maximum Gasteiger partial charge on any atom is 0.333 e. The van der Waals surface area contributed by atoms with E-state index in [1.165, 1.54) is 16.7 Å². The normalized spacial score (nSPS) is 17.6. The van der Waals surface area contributed by atoms with Crippen LogP contribution in [0.3, 0.4) is 0 Å². The summed E-state index contributed by atoms with van der Waals surface area (Å²) in [6.07, 6.45) is 7.73. The smallest absolute Gasteiger partial charge is 0.333 e. The number of anilines is 1. The van der Waals surface area contributed by atoms with Gasteiger partial charge in [-0.2, -0.15) is 0 Å². The van der Waals surface area contributed by atoms with Gasteiger partial charge in [-0.1, -0.05) is 13.0 Å². The van der Waals surface area contributed by atoms with Crippen molar-refractivity contribution in [1.29, 1.82) is 0 Å². The monoisotopic (exact) mass is 542 g/mol. The maximum atomic E-state index is 13.4. The number of ether oxygens (including phenoxy) is 1. The second-order valence-corrected chi connectivity index (χ2v) is 10.9. The number of rotatable bonds is 7. The zero-order valence-electron chi connectivity index (χ0n) is 21.9. The van der Waals surface area contributed by atoms with E-state index >= 15 is 0 Å². The summed E-state index contributed by atoms with van der Waals surface area (Å²) in [4.78, 5) is 53.9. The second-order valence-electron chi connectivity index (χ2n) is 9.85. The van der Waals surface area contributed by atoms with Crippen LogP contribution in [0.15, 0.2) is 23.0 Å². The first kappa shape index (κ1) is 27.6. The topological polar surface area (TPSA) is 115 Å². The van der Waals surface area contributed by atoms with E-state index in [0.29, 0.717) is 34.9 Å². The van der Waals surface area contributed by atoms with Gasteiger partial charge in [-0.25, -0.2) is 4.79 Å². The molecule has 2 aliphatic heterocycles. The highest BCUT2D eigenvalue weighted by atomic mass is 32.1. The van der Waals surface area contributed by atoms with Gasteiger partial charge < -0.3 is 14.5 Å². The molecule has 1 aromatic carbocycles. The number of nitro groups is 1. The third kappa shape index (κ3) is 6.50. The van der Waals surface area contributed by atoms with E-state index < -0.39 is 16.5 Å². The number of hydrogen-bond acceptors (Lipinski definition) is 8. The van der Waals surface area contributed by atoms with E-state index in [9.17, 15) is 24.5 Å². The number of likely N-dealkylation sites (tertiary alicyclic amines) is 1. The fourth-order valence-corrected chi connectivity index (χ4v) is 5.93. The molecule has 0 spiro atoms. The van der Waals surface area contributed by atoms with Gasteiger partial charge in [0.05, 0.1) is 22.1 Å². The lowest BCUT2D eigenvalue weighted by atomic mass is 9.99. The van der Waals surface area contributed by atoms with Crippen molar-refractivity contribution < 1.29 is 19.2 Å². The summed E-state index contributed by atoms with van der Waals surface area (Å²) in [6, 6.07) is 4.96. The van der Waals surface area contributed by atoms with Gasteiger partial charge in [0.25, 0.3) is 11.2 Å². The minimum Gasteiger partial charge on any atom is -0.463 e. The minimum atomic E-state index is -0.602. The van der Waals surface area contributed by atoms with Crippen molar-refractivity contribution in [2.24, 2.45) is 5.92 Å². The van der Waals surface area contributed by atoms with Gasteiger partial charge in [0.15, 0.2) is 0 Å². The molecule has 11 heteroatoms. The number of aromatic nitrogens is 1. The zero-order chi connectivity index (χ0) is 27.2. The summed E-state index contributed by atoms with van der Waals surface area (Å²) in [6.45, 7) is 6.67. The quantitative estimate of drug-likeness (QED) is 0.299. The Morgan fingerprint density at radius 3 is 2.53 bits per heavy atom. The van der Waals surface area contributed by atoms with E-state index in [4.69, 9.17) is 4.74 Å². The van der Waals surface area contributed by atoms with Crippen LogP contribution >= 0.6 is 11.3 Å². The Labute approximate surface area is 225 Å². The summed E-state index contributed by atoms with van der Waals surface area (Å²) < 4.78 is 6.90. The number of carbonyl (C=O) groups is 2. The highest BCUT2D eigenvalue weighted by molar-refractivity contribution is 7.07. The molecule has 3 heterocycles. The molecule has 38 heavy (non-hydrogen) atoms. The molecule has 2 aliphatic rings. The average molecular weight is 543 g/mol. The number of esters is 1. The van der Waals surface area contributed by atoms with Gasteiger partial charge in [0.1, 0.15) is 16.9 Å². The largest absolute Gasteiger partial charge is 0.463 e. The highest BCUT2D eigenvalue weighted by Crippen LogP contribution is 2.31. The van der Waals surface area contributed by atoms with Crippen molar-refractivity contribution >= 4 is 46.7 Å². The lowest BCUT2D eigenvalue weighted by Gasteiger charge is -2.30. The van der Waals surface area contributed by atoms with Crippen LogP contribution in [0.1, 0.15) is 51.5 Å². The summed E-state index contributed by atoms with van der Waals surface area (Å²) in [5, 5.41) is 11.9. The van der Waals surface area contributed by atoms with Crippen molar-refractivity contribution in [3.63, 3.8) is 0 Å². The van der Waals surface area contributed by atoms with Crippen LogP contribution in [0, 0.1) is 16.0 Å². The van der Waals surface area contributed by atoms with Crippen LogP contribution in [-0.2, 0) is 20.9 Å². The Morgan fingerprint density at radius 2 is 1.87 bits per heavy atom. The van der Waals surface area contributed by atoms with Crippen LogP contribution in [-0.4, -0.2) is 59.1 Å². The molecular weight excluding hydrogens is 508 g/mol. The molecule has 10 nitrogen and oxygen atoms in total. The first-order valence-corrected chi connectivity index (χ1v) is 14.0. The summed E-state index contributed by atoms with van der Waals surface area (Å²) in [5.74, 6) is -0.222. The number of nitro benzene ring substituents is 1. The predicted octanol–water partition coefficient (Wildman–Crippen LogP) is 2.24. The van der Waals surface area contributed by atoms with Crippen molar-refractivity contribution in [3.05, 3.63) is 53.4 Å². The van der Waals surface area contributed by atoms with Crippen molar-refractivity contribution in [2.75, 3.05) is 37.7 Å². The number of thiazole rings is 1. The molecule has 0 unspecified atom stereocenters. The molecule has 0 aliphatic carbocycles. The number of amides is 1. The minimum absolute atomic E-state index is 0.00894. The summed E-state index contributed by atoms with van der Waals surface area (Å²) >= 11 is 1.06. The first-order chi connectivity index (χ1) is 18.3. The predicted molar refractivity (Wildman–Crippen MR) is 147 cm³/mol. The van der Waals surface area contributed by atoms with Gasteiger partial charge in [-0.15, -0.1) is 11.3 Å². The molecular formula is C27H34N4O6S. The van der Waals surface area contributed by atoms with Gasteiger partial charge in [-0.3, -0.25) is 24.3 Å². The zero-order valence-corrected chi connectivity index (χ0v) is 22.7. The number of nitrogens with zero attached hydrogens (tertiary/aromatic N) is 4. The lowest BCUT2D eigenvalue weighted by molar-refractivity contribution is -0.384. The van der Waals surface area contributed by atoms with E-state index in [1.807, 2.05) is 4.90 Å². The number of carbonyl (C=O) groups excluding carboxylic acids is 2. The highest BCUT2D eigenvalue weighted by Gasteiger charge is 2.23. The van der Waals surface area contributed by atoms with Crippen LogP contribution in [0.5, 0.6) is 0 Å². The van der Waals surface area contributed by atoms with Crippen molar-refractivity contribution in [1.82, 2.24) is 9.47 Å². The summed E-state index contributed by atoms with van der Waals surface area (Å²) in [7, 11) is 0. The molecule has 2 fully saturated rings. The third-order valence-electron chi connectivity index (χ3n) is 7.08. The van der Waals surface area contributed by atoms with E-state index in [-0.39, 0.29) is 29.3 Å². The molecule has 2 saturated heterocycles. The molecule has 2 aromatic rings. The van der Waals surface area contributed by atoms with E-state index in [1.54, 1.807) is 30.0 Å². The average Bonchev–Trinajstić information content (AvgIpc) is 3.18. The van der Waals surface area contributed by atoms with Crippen molar-refractivity contribution in [2.45, 2.75) is 52.5 Å². The fraction of sp³-hybridized carbons (Fsp3) is 0.519. The van der Waals surface area contributed by atoms with Gasteiger partial charge in [0.2, 0.25) is 5.91 Å². The first-order valence-electron chi connectivity index (χ1n) is 13.2. The van der Waals surface area contributed by atoms with E-state index in [2.05, 4.69) is 6.92 Å². The molecule has 4 rings (SSSR count).